The number of amides is 2. The molecule has 1 saturated heterocycles. The molecule has 0 aromatic heterocycles. The van der Waals surface area contributed by atoms with Crippen molar-refractivity contribution in [3.8, 4) is 0 Å². The van der Waals surface area contributed by atoms with E-state index in [1.807, 2.05) is 56.0 Å². The van der Waals surface area contributed by atoms with Gasteiger partial charge in [-0.15, -0.1) is 0 Å². The third-order valence-electron chi connectivity index (χ3n) is 7.26. The largest absolute Gasteiger partial charge is 0.480 e. The molecular formula is C26H41N3O4. The van der Waals surface area contributed by atoms with Crippen LogP contribution >= 0.6 is 0 Å². The number of carbonyl (C=O) groups excluding carboxylic acids is 2. The Morgan fingerprint density at radius 2 is 1.85 bits per heavy atom. The van der Waals surface area contributed by atoms with E-state index in [-0.39, 0.29) is 41.7 Å². The van der Waals surface area contributed by atoms with E-state index in [9.17, 15) is 19.5 Å². The molecule has 0 bridgehead atoms. The standard InChI is InChI=1S/C26H41N3O4/c1-7-20(26(4,5)19-12-9-8-10-13-19)24(31)27-16-23(30)28(6)22(18(2)3)17-29-15-11-14-21(29)25(32)33/h8-10,12-13,18,20-22H,7,11,14-17H2,1-6H3,(H,27,31)(H,32,33)/t20-,21+,22-/m1/s1. The minimum absolute atomic E-state index is 0.0672. The maximum Gasteiger partial charge on any atom is 0.320 e. The number of aliphatic carboxylic acids is 1. The molecule has 0 radical (unpaired) electrons. The topological polar surface area (TPSA) is 90.0 Å². The van der Waals surface area contributed by atoms with Crippen molar-refractivity contribution >= 4 is 17.8 Å². The van der Waals surface area contributed by atoms with Gasteiger partial charge < -0.3 is 15.3 Å². The van der Waals surface area contributed by atoms with Crippen LogP contribution in [0.3, 0.4) is 0 Å². The third-order valence-corrected chi connectivity index (χ3v) is 7.26. The van der Waals surface area contributed by atoms with E-state index in [4.69, 9.17) is 0 Å². The first-order valence-corrected chi connectivity index (χ1v) is 12.1. The van der Waals surface area contributed by atoms with E-state index >= 15 is 0 Å². The summed E-state index contributed by atoms with van der Waals surface area (Å²) in [5, 5.41) is 12.3. The summed E-state index contributed by atoms with van der Waals surface area (Å²) >= 11 is 0. The van der Waals surface area contributed by atoms with Crippen LogP contribution in [0.25, 0.3) is 0 Å². The number of nitrogens with one attached hydrogen (secondary N) is 1. The van der Waals surface area contributed by atoms with Gasteiger partial charge in [0.1, 0.15) is 6.04 Å². The van der Waals surface area contributed by atoms with Gasteiger partial charge in [0, 0.05) is 31.0 Å². The van der Waals surface area contributed by atoms with Gasteiger partial charge in [-0.25, -0.2) is 0 Å². The summed E-state index contributed by atoms with van der Waals surface area (Å²) in [5.74, 6) is -1.20. The van der Waals surface area contributed by atoms with Crippen molar-refractivity contribution < 1.29 is 19.5 Å². The predicted octanol–water partition coefficient (Wildman–Crippen LogP) is 3.14. The molecule has 1 aliphatic rings. The van der Waals surface area contributed by atoms with E-state index in [2.05, 4.69) is 19.2 Å². The van der Waals surface area contributed by atoms with Crippen molar-refractivity contribution in [3.63, 3.8) is 0 Å². The Bertz CT molecular complexity index is 809. The summed E-state index contributed by atoms with van der Waals surface area (Å²) < 4.78 is 0. The molecule has 0 saturated carbocycles. The lowest BCUT2D eigenvalue weighted by molar-refractivity contribution is -0.142. The van der Waals surface area contributed by atoms with Crippen molar-refractivity contribution in [2.24, 2.45) is 11.8 Å². The monoisotopic (exact) mass is 459 g/mol. The summed E-state index contributed by atoms with van der Waals surface area (Å²) in [6, 6.07) is 9.36. The lowest BCUT2D eigenvalue weighted by Gasteiger charge is -2.36. The molecule has 2 rings (SSSR count). The number of carboxylic acids is 1. The van der Waals surface area contributed by atoms with Gasteiger partial charge in [-0.2, -0.15) is 0 Å². The Morgan fingerprint density at radius 1 is 1.21 bits per heavy atom. The average Bonchev–Trinajstić information content (AvgIpc) is 3.24. The first-order valence-electron chi connectivity index (χ1n) is 12.1. The van der Waals surface area contributed by atoms with E-state index in [0.717, 1.165) is 18.5 Å². The Hall–Kier alpha value is -2.41. The first-order chi connectivity index (χ1) is 15.5. The van der Waals surface area contributed by atoms with Crippen LogP contribution in [0.2, 0.25) is 0 Å². The number of carbonyl (C=O) groups is 3. The van der Waals surface area contributed by atoms with Crippen LogP contribution in [0.1, 0.15) is 59.4 Å². The Balaban J connectivity index is 2.02. The van der Waals surface area contributed by atoms with Crippen molar-refractivity contribution in [1.82, 2.24) is 15.1 Å². The molecular weight excluding hydrogens is 418 g/mol. The molecule has 2 N–H and O–H groups in total. The highest BCUT2D eigenvalue weighted by molar-refractivity contribution is 5.86. The Kier molecular flexibility index (Phi) is 9.46. The fourth-order valence-electron chi connectivity index (χ4n) is 5.03. The highest BCUT2D eigenvalue weighted by atomic mass is 16.4. The molecule has 184 valence electrons. The molecule has 1 aliphatic heterocycles. The Labute approximate surface area is 198 Å². The van der Waals surface area contributed by atoms with Crippen LogP contribution in [0, 0.1) is 11.8 Å². The number of likely N-dealkylation sites (tertiary alicyclic amines) is 1. The summed E-state index contributed by atoms with van der Waals surface area (Å²) in [5.41, 5.74) is 0.728. The predicted molar refractivity (Wildman–Crippen MR) is 130 cm³/mol. The summed E-state index contributed by atoms with van der Waals surface area (Å²) in [6.45, 7) is 11.4. The van der Waals surface area contributed by atoms with Crippen LogP contribution < -0.4 is 5.32 Å². The molecule has 1 aromatic carbocycles. The molecule has 1 heterocycles. The number of benzene rings is 1. The number of rotatable bonds is 11. The maximum absolute atomic E-state index is 13.1. The van der Waals surface area contributed by atoms with Gasteiger partial charge in [-0.05, 0) is 37.3 Å². The second-order valence-electron chi connectivity index (χ2n) is 10.1. The molecule has 0 aliphatic carbocycles. The second-order valence-corrected chi connectivity index (χ2v) is 10.1. The van der Waals surface area contributed by atoms with Crippen LogP contribution in [-0.4, -0.2) is 71.5 Å². The number of likely N-dealkylation sites (N-methyl/N-ethyl adjacent to an activating group) is 1. The molecule has 1 aromatic rings. The number of hydrogen-bond donors (Lipinski definition) is 2. The molecule has 7 heteroatoms. The van der Waals surface area contributed by atoms with E-state index in [1.165, 1.54) is 0 Å². The minimum atomic E-state index is -0.803. The van der Waals surface area contributed by atoms with Crippen molar-refractivity contribution in [2.45, 2.75) is 71.4 Å². The summed E-state index contributed by atoms with van der Waals surface area (Å²) in [6.07, 6.45) is 2.16. The smallest absolute Gasteiger partial charge is 0.320 e. The van der Waals surface area contributed by atoms with Crippen molar-refractivity contribution in [1.29, 1.82) is 0 Å². The zero-order chi connectivity index (χ0) is 24.8. The zero-order valence-corrected chi connectivity index (χ0v) is 21.0. The van der Waals surface area contributed by atoms with Gasteiger partial charge in [0.25, 0.3) is 0 Å². The maximum atomic E-state index is 13.1. The van der Waals surface area contributed by atoms with E-state index < -0.39 is 12.0 Å². The van der Waals surface area contributed by atoms with Crippen LogP contribution in [0.5, 0.6) is 0 Å². The average molecular weight is 460 g/mol. The minimum Gasteiger partial charge on any atom is -0.480 e. The van der Waals surface area contributed by atoms with Crippen molar-refractivity contribution in [3.05, 3.63) is 35.9 Å². The summed E-state index contributed by atoms with van der Waals surface area (Å²) in [4.78, 5) is 41.2. The molecule has 2 amide bonds. The molecule has 0 spiro atoms. The Morgan fingerprint density at radius 3 is 2.39 bits per heavy atom. The van der Waals surface area contributed by atoms with Crippen molar-refractivity contribution in [2.75, 3.05) is 26.7 Å². The number of hydrogen-bond acceptors (Lipinski definition) is 4. The zero-order valence-electron chi connectivity index (χ0n) is 21.0. The lowest BCUT2D eigenvalue weighted by atomic mass is 9.71. The van der Waals surface area contributed by atoms with E-state index in [0.29, 0.717) is 19.4 Å². The van der Waals surface area contributed by atoms with Crippen LogP contribution in [-0.2, 0) is 19.8 Å². The van der Waals surface area contributed by atoms with Gasteiger partial charge in [-0.1, -0.05) is 65.0 Å². The lowest BCUT2D eigenvalue weighted by Crippen LogP contribution is -2.52. The SMILES string of the molecule is CC[C@H](C(=O)NCC(=O)N(C)[C@H](CN1CCC[C@H]1C(=O)O)C(C)C)C(C)(C)c1ccccc1. The molecule has 3 atom stereocenters. The van der Waals surface area contributed by atoms with Crippen LogP contribution in [0.15, 0.2) is 30.3 Å². The van der Waals surface area contributed by atoms with Gasteiger partial charge in [0.05, 0.1) is 6.54 Å². The molecule has 0 unspecified atom stereocenters. The fraction of sp³-hybridized carbons (Fsp3) is 0.654. The highest BCUT2D eigenvalue weighted by Crippen LogP contribution is 2.34. The summed E-state index contributed by atoms with van der Waals surface area (Å²) in [7, 11) is 1.75. The van der Waals surface area contributed by atoms with Gasteiger partial charge in [0.15, 0.2) is 0 Å². The molecule has 33 heavy (non-hydrogen) atoms. The number of nitrogens with zero attached hydrogens (tertiary/aromatic N) is 2. The fourth-order valence-corrected chi connectivity index (χ4v) is 5.03. The number of carboxylic acid groups (broad SMARTS) is 1. The third kappa shape index (κ3) is 6.56. The first kappa shape index (κ1) is 26.8. The van der Waals surface area contributed by atoms with Gasteiger partial charge >= 0.3 is 5.97 Å². The van der Waals surface area contributed by atoms with E-state index in [1.54, 1.807) is 11.9 Å². The van der Waals surface area contributed by atoms with Crippen LogP contribution in [0.4, 0.5) is 0 Å². The van der Waals surface area contributed by atoms with Gasteiger partial charge in [-0.3, -0.25) is 19.3 Å². The quantitative estimate of drug-likeness (QED) is 0.531. The van der Waals surface area contributed by atoms with Gasteiger partial charge in [0.2, 0.25) is 11.8 Å². The molecule has 1 fully saturated rings. The molecule has 7 nitrogen and oxygen atoms in total. The normalized spacial score (nSPS) is 18.7. The second kappa shape index (κ2) is 11.6. The highest BCUT2D eigenvalue weighted by Gasteiger charge is 2.37.